The standard InChI is InChI=1S/C17H16Cl2N6O4/c1-17(2,3)8-6-11(22-23-14(8)26)29-12-9(18)4-7(5-10(12)19)25-16(28)21-15(27)13(20)24-25/h4-6H,1-3H3,(H2,20,24)(H,23,26)(H,21,27,28). The van der Waals surface area contributed by atoms with Crippen molar-refractivity contribution in [1.82, 2.24) is 25.0 Å². The summed E-state index contributed by atoms with van der Waals surface area (Å²) in [5.74, 6) is -0.263. The van der Waals surface area contributed by atoms with E-state index in [9.17, 15) is 14.4 Å². The highest BCUT2D eigenvalue weighted by molar-refractivity contribution is 6.37. The number of nitrogens with zero attached hydrogens (tertiary/aromatic N) is 3. The second kappa shape index (κ2) is 7.37. The van der Waals surface area contributed by atoms with Crippen LogP contribution >= 0.6 is 23.2 Å². The number of aromatic nitrogens is 5. The van der Waals surface area contributed by atoms with Gasteiger partial charge in [-0.2, -0.15) is 4.68 Å². The molecule has 12 heteroatoms. The first-order valence-corrected chi connectivity index (χ1v) is 8.99. The molecule has 152 valence electrons. The van der Waals surface area contributed by atoms with Crippen molar-refractivity contribution in [2.24, 2.45) is 0 Å². The van der Waals surface area contributed by atoms with Gasteiger partial charge in [0.15, 0.2) is 5.75 Å². The van der Waals surface area contributed by atoms with Gasteiger partial charge in [0.25, 0.3) is 11.1 Å². The average Bonchev–Trinajstić information content (AvgIpc) is 2.61. The van der Waals surface area contributed by atoms with Crippen molar-refractivity contribution in [2.75, 3.05) is 5.73 Å². The number of rotatable bonds is 3. The summed E-state index contributed by atoms with van der Waals surface area (Å²) in [6.45, 7) is 5.62. The third-order valence-electron chi connectivity index (χ3n) is 3.88. The van der Waals surface area contributed by atoms with E-state index in [0.717, 1.165) is 4.68 Å². The van der Waals surface area contributed by atoms with Gasteiger partial charge in [-0.3, -0.25) is 14.6 Å². The lowest BCUT2D eigenvalue weighted by molar-refractivity contribution is 0.448. The smallest absolute Gasteiger partial charge is 0.349 e. The van der Waals surface area contributed by atoms with Crippen LogP contribution in [0.15, 0.2) is 32.6 Å². The zero-order chi connectivity index (χ0) is 21.5. The Labute approximate surface area is 173 Å². The van der Waals surface area contributed by atoms with Gasteiger partial charge in [0.05, 0.1) is 15.7 Å². The zero-order valence-electron chi connectivity index (χ0n) is 15.5. The van der Waals surface area contributed by atoms with Crippen LogP contribution in [0.1, 0.15) is 26.3 Å². The molecule has 2 aromatic heterocycles. The molecule has 0 radical (unpaired) electrons. The first-order valence-electron chi connectivity index (χ1n) is 8.24. The summed E-state index contributed by atoms with van der Waals surface area (Å²) >= 11 is 12.5. The van der Waals surface area contributed by atoms with Crippen molar-refractivity contribution >= 4 is 29.0 Å². The first kappa shape index (κ1) is 20.6. The molecule has 0 aliphatic rings. The van der Waals surface area contributed by atoms with Gasteiger partial charge in [-0.15, -0.1) is 10.2 Å². The Balaban J connectivity index is 2.04. The molecule has 0 saturated carbocycles. The monoisotopic (exact) mass is 438 g/mol. The molecule has 0 aliphatic carbocycles. The minimum absolute atomic E-state index is 0.0382. The maximum absolute atomic E-state index is 12.0. The lowest BCUT2D eigenvalue weighted by atomic mass is 9.88. The largest absolute Gasteiger partial charge is 0.434 e. The zero-order valence-corrected chi connectivity index (χ0v) is 17.1. The van der Waals surface area contributed by atoms with Gasteiger partial charge >= 0.3 is 5.69 Å². The highest BCUT2D eigenvalue weighted by atomic mass is 35.5. The normalized spacial score (nSPS) is 11.5. The molecular formula is C17H16Cl2N6O4. The summed E-state index contributed by atoms with van der Waals surface area (Å²) in [5.41, 5.74) is 3.68. The van der Waals surface area contributed by atoms with Crippen LogP contribution in [0.5, 0.6) is 11.6 Å². The Morgan fingerprint density at radius 1 is 1.07 bits per heavy atom. The molecule has 0 fully saturated rings. The van der Waals surface area contributed by atoms with Crippen molar-refractivity contribution in [3.8, 4) is 17.3 Å². The molecule has 3 aromatic rings. The summed E-state index contributed by atoms with van der Waals surface area (Å²) in [5, 5.41) is 10.0. The van der Waals surface area contributed by atoms with E-state index < -0.39 is 22.5 Å². The average molecular weight is 439 g/mol. The Hall–Kier alpha value is -3.11. The van der Waals surface area contributed by atoms with Crippen LogP contribution in [0.4, 0.5) is 5.82 Å². The van der Waals surface area contributed by atoms with E-state index in [0.29, 0.717) is 5.56 Å². The number of benzene rings is 1. The van der Waals surface area contributed by atoms with Gasteiger partial charge in [-0.05, 0) is 17.5 Å². The van der Waals surface area contributed by atoms with Gasteiger partial charge in [0, 0.05) is 11.6 Å². The van der Waals surface area contributed by atoms with Crippen molar-refractivity contribution in [3.63, 3.8) is 0 Å². The number of hydrogen-bond acceptors (Lipinski definition) is 7. The number of hydrogen-bond donors (Lipinski definition) is 3. The predicted octanol–water partition coefficient (Wildman–Crippen LogP) is 1.98. The quantitative estimate of drug-likeness (QED) is 0.565. The molecule has 0 unspecified atom stereocenters. The van der Waals surface area contributed by atoms with Crippen LogP contribution in [-0.2, 0) is 5.41 Å². The molecule has 0 atom stereocenters. The van der Waals surface area contributed by atoms with Crippen LogP contribution in [0, 0.1) is 0 Å². The minimum atomic E-state index is -0.817. The SMILES string of the molecule is CC(C)(C)c1cc(Oc2c(Cl)cc(-n3nc(N)c(=O)[nH]c3=O)cc2Cl)n[nH]c1=O. The number of nitrogen functional groups attached to an aromatic ring is 1. The van der Waals surface area contributed by atoms with Crippen molar-refractivity contribution in [1.29, 1.82) is 0 Å². The molecule has 2 heterocycles. The van der Waals surface area contributed by atoms with E-state index in [1.807, 2.05) is 25.8 Å². The number of aromatic amines is 2. The first-order chi connectivity index (χ1) is 13.5. The molecule has 0 saturated heterocycles. The Morgan fingerprint density at radius 2 is 1.69 bits per heavy atom. The number of anilines is 1. The van der Waals surface area contributed by atoms with Gasteiger partial charge < -0.3 is 10.5 Å². The van der Waals surface area contributed by atoms with E-state index in [1.165, 1.54) is 18.2 Å². The number of nitrogens with two attached hydrogens (primary N) is 1. The lowest BCUT2D eigenvalue weighted by Gasteiger charge is -2.18. The highest BCUT2D eigenvalue weighted by Gasteiger charge is 2.21. The van der Waals surface area contributed by atoms with Crippen LogP contribution in [0.3, 0.4) is 0 Å². The van der Waals surface area contributed by atoms with Crippen LogP contribution < -0.4 is 27.3 Å². The van der Waals surface area contributed by atoms with Gasteiger partial charge in [0.2, 0.25) is 11.7 Å². The third kappa shape index (κ3) is 4.17. The Morgan fingerprint density at radius 3 is 2.28 bits per heavy atom. The van der Waals surface area contributed by atoms with Crippen LogP contribution in [-0.4, -0.2) is 25.0 Å². The summed E-state index contributed by atoms with van der Waals surface area (Å²) in [6, 6.07) is 4.20. The van der Waals surface area contributed by atoms with E-state index in [2.05, 4.69) is 15.3 Å². The van der Waals surface area contributed by atoms with E-state index in [4.69, 9.17) is 33.7 Å². The topological polar surface area (TPSA) is 149 Å². The van der Waals surface area contributed by atoms with E-state index in [-0.39, 0.29) is 32.9 Å². The Kier molecular flexibility index (Phi) is 5.24. The predicted molar refractivity (Wildman–Crippen MR) is 109 cm³/mol. The van der Waals surface area contributed by atoms with Gasteiger partial charge in [0.1, 0.15) is 0 Å². The van der Waals surface area contributed by atoms with Gasteiger partial charge in [-0.1, -0.05) is 44.0 Å². The molecular weight excluding hydrogens is 423 g/mol. The fourth-order valence-electron chi connectivity index (χ4n) is 2.46. The Bertz CT molecular complexity index is 1250. The maximum Gasteiger partial charge on any atom is 0.349 e. The van der Waals surface area contributed by atoms with Crippen LogP contribution in [0.2, 0.25) is 10.0 Å². The number of halogens is 2. The molecule has 4 N–H and O–H groups in total. The molecule has 0 spiro atoms. The maximum atomic E-state index is 12.0. The van der Waals surface area contributed by atoms with Gasteiger partial charge in [-0.25, -0.2) is 9.89 Å². The number of H-pyrrole nitrogens is 2. The lowest BCUT2D eigenvalue weighted by Crippen LogP contribution is -2.33. The summed E-state index contributed by atoms with van der Waals surface area (Å²) < 4.78 is 6.50. The van der Waals surface area contributed by atoms with Crippen molar-refractivity contribution in [3.05, 3.63) is 65.0 Å². The van der Waals surface area contributed by atoms with Crippen molar-refractivity contribution < 1.29 is 4.74 Å². The van der Waals surface area contributed by atoms with E-state index in [1.54, 1.807) is 0 Å². The molecule has 0 bridgehead atoms. The molecule has 10 nitrogen and oxygen atoms in total. The molecule has 0 aliphatic heterocycles. The third-order valence-corrected chi connectivity index (χ3v) is 4.44. The van der Waals surface area contributed by atoms with Crippen LogP contribution in [0.25, 0.3) is 5.69 Å². The summed E-state index contributed by atoms with van der Waals surface area (Å²) in [4.78, 5) is 37.4. The van der Waals surface area contributed by atoms with E-state index >= 15 is 0 Å². The number of ether oxygens (including phenoxy) is 1. The minimum Gasteiger partial charge on any atom is -0.434 e. The molecule has 3 rings (SSSR count). The number of nitrogens with one attached hydrogen (secondary N) is 2. The molecule has 29 heavy (non-hydrogen) atoms. The fraction of sp³-hybridized carbons (Fsp3) is 0.235. The molecule has 1 aromatic carbocycles. The summed E-state index contributed by atoms with van der Waals surface area (Å²) in [7, 11) is 0. The fourth-order valence-corrected chi connectivity index (χ4v) is 3.01. The second-order valence-corrected chi connectivity index (χ2v) is 7.91. The highest BCUT2D eigenvalue weighted by Crippen LogP contribution is 2.37. The molecule has 0 amide bonds. The summed E-state index contributed by atoms with van der Waals surface area (Å²) in [6.07, 6.45) is 0. The van der Waals surface area contributed by atoms with Crippen molar-refractivity contribution in [2.45, 2.75) is 26.2 Å². The second-order valence-electron chi connectivity index (χ2n) is 7.10.